The Bertz CT molecular complexity index is 919. The molecule has 0 amide bonds. The Labute approximate surface area is 147 Å². The molecule has 1 aromatic carbocycles. The third-order valence-corrected chi connectivity index (χ3v) is 4.63. The van der Waals surface area contributed by atoms with Gasteiger partial charge < -0.3 is 14.8 Å². The monoisotopic (exact) mass is 354 g/mol. The van der Waals surface area contributed by atoms with Crippen molar-refractivity contribution >= 4 is 23.7 Å². The van der Waals surface area contributed by atoms with Gasteiger partial charge in [0.2, 0.25) is 11.1 Å². The van der Waals surface area contributed by atoms with Crippen LogP contribution in [0.15, 0.2) is 70.1 Å². The maximum atomic E-state index is 11.4. The van der Waals surface area contributed by atoms with E-state index in [0.717, 1.165) is 5.75 Å². The summed E-state index contributed by atoms with van der Waals surface area (Å²) in [7, 11) is 0. The van der Waals surface area contributed by atoms with E-state index < -0.39 is 12.0 Å². The standard InChI is InChI=1S/C17H14N4O3S/c22-15(23)12-9-13(14-7-4-8-24-14)21-16(18-12)19-17(20-21)25-10-11-5-2-1-3-6-11/h1-9,13H,10H2,(H,22,23)(H,18,19,20)/t13-/m1/s1. The lowest BCUT2D eigenvalue weighted by atomic mass is 10.1. The van der Waals surface area contributed by atoms with Gasteiger partial charge in [-0.2, -0.15) is 4.98 Å². The first-order valence-electron chi connectivity index (χ1n) is 7.59. The number of furan rings is 1. The van der Waals surface area contributed by atoms with Crippen molar-refractivity contribution in [1.82, 2.24) is 14.8 Å². The zero-order valence-electron chi connectivity index (χ0n) is 13.0. The minimum atomic E-state index is -1.05. The van der Waals surface area contributed by atoms with Crippen LogP contribution in [0.3, 0.4) is 0 Å². The number of carbonyl (C=O) groups is 1. The first-order chi connectivity index (χ1) is 12.2. The third-order valence-electron chi connectivity index (χ3n) is 3.72. The number of nitrogens with one attached hydrogen (secondary N) is 1. The van der Waals surface area contributed by atoms with Crippen LogP contribution < -0.4 is 5.32 Å². The molecule has 1 atom stereocenters. The molecule has 4 rings (SSSR count). The number of benzene rings is 1. The smallest absolute Gasteiger partial charge is 0.352 e. The summed E-state index contributed by atoms with van der Waals surface area (Å²) in [5.74, 6) is 0.668. The van der Waals surface area contributed by atoms with E-state index in [2.05, 4.69) is 15.4 Å². The fourth-order valence-electron chi connectivity index (χ4n) is 2.54. The van der Waals surface area contributed by atoms with E-state index in [9.17, 15) is 9.90 Å². The minimum absolute atomic E-state index is 0.0564. The maximum absolute atomic E-state index is 11.4. The Hall–Kier alpha value is -3.00. The molecular formula is C17H14N4O3S. The molecule has 25 heavy (non-hydrogen) atoms. The van der Waals surface area contributed by atoms with Gasteiger partial charge in [0, 0.05) is 5.75 Å². The van der Waals surface area contributed by atoms with Gasteiger partial charge in [-0.25, -0.2) is 9.48 Å². The van der Waals surface area contributed by atoms with Crippen molar-refractivity contribution in [2.75, 3.05) is 5.32 Å². The quantitative estimate of drug-likeness (QED) is 0.680. The molecule has 0 unspecified atom stereocenters. The largest absolute Gasteiger partial charge is 0.477 e. The van der Waals surface area contributed by atoms with Crippen molar-refractivity contribution in [2.45, 2.75) is 17.0 Å². The van der Waals surface area contributed by atoms with Gasteiger partial charge in [-0.05, 0) is 23.8 Å². The van der Waals surface area contributed by atoms with Crippen molar-refractivity contribution in [2.24, 2.45) is 0 Å². The summed E-state index contributed by atoms with van der Waals surface area (Å²) in [4.78, 5) is 15.8. The Morgan fingerprint density at radius 3 is 2.84 bits per heavy atom. The van der Waals surface area contributed by atoms with Crippen LogP contribution in [0.2, 0.25) is 0 Å². The van der Waals surface area contributed by atoms with Gasteiger partial charge in [0.25, 0.3) is 0 Å². The zero-order chi connectivity index (χ0) is 17.2. The summed E-state index contributed by atoms with van der Waals surface area (Å²) in [5.41, 5.74) is 1.22. The molecule has 8 heteroatoms. The highest BCUT2D eigenvalue weighted by molar-refractivity contribution is 7.98. The molecule has 0 fully saturated rings. The lowest BCUT2D eigenvalue weighted by molar-refractivity contribution is -0.132. The number of anilines is 1. The molecule has 0 radical (unpaired) electrons. The molecule has 1 aliphatic rings. The minimum Gasteiger partial charge on any atom is -0.477 e. The summed E-state index contributed by atoms with van der Waals surface area (Å²) < 4.78 is 7.07. The summed E-state index contributed by atoms with van der Waals surface area (Å²) in [5, 5.41) is 17.2. The molecule has 0 bridgehead atoms. The average molecular weight is 354 g/mol. The number of rotatable bonds is 5. The average Bonchev–Trinajstić information content (AvgIpc) is 3.29. The van der Waals surface area contributed by atoms with Crippen LogP contribution in [0.5, 0.6) is 0 Å². The number of thioether (sulfide) groups is 1. The Balaban J connectivity index is 1.62. The normalized spacial score (nSPS) is 16.0. The van der Waals surface area contributed by atoms with Gasteiger partial charge in [-0.15, -0.1) is 5.10 Å². The van der Waals surface area contributed by atoms with Crippen LogP contribution in [-0.2, 0) is 10.5 Å². The Morgan fingerprint density at radius 2 is 2.12 bits per heavy atom. The SMILES string of the molecule is O=C(O)C1=C[C@H](c2ccco2)n2nc(SCc3ccccc3)nc2N1. The van der Waals surface area contributed by atoms with Crippen LogP contribution in [0.4, 0.5) is 5.95 Å². The Morgan fingerprint density at radius 1 is 1.28 bits per heavy atom. The van der Waals surface area contributed by atoms with Crippen molar-refractivity contribution in [3.63, 3.8) is 0 Å². The molecule has 7 nitrogen and oxygen atoms in total. The maximum Gasteiger partial charge on any atom is 0.352 e. The second-order valence-corrected chi connectivity index (χ2v) is 6.35. The van der Waals surface area contributed by atoms with Gasteiger partial charge in [-0.3, -0.25) is 0 Å². The topological polar surface area (TPSA) is 93.2 Å². The molecular weight excluding hydrogens is 340 g/mol. The second-order valence-electron chi connectivity index (χ2n) is 5.41. The number of fused-ring (bicyclic) bond motifs is 1. The molecule has 0 aliphatic carbocycles. The van der Waals surface area contributed by atoms with Crippen molar-refractivity contribution in [1.29, 1.82) is 0 Å². The number of carboxylic acid groups (broad SMARTS) is 1. The van der Waals surface area contributed by atoms with E-state index in [0.29, 0.717) is 16.9 Å². The first-order valence-corrected chi connectivity index (χ1v) is 8.58. The van der Waals surface area contributed by atoms with Gasteiger partial charge in [0.05, 0.1) is 6.26 Å². The summed E-state index contributed by atoms with van der Waals surface area (Å²) in [6.07, 6.45) is 3.11. The van der Waals surface area contributed by atoms with E-state index in [1.807, 2.05) is 30.3 Å². The highest BCUT2D eigenvalue weighted by Crippen LogP contribution is 2.31. The van der Waals surface area contributed by atoms with Gasteiger partial charge >= 0.3 is 5.97 Å². The van der Waals surface area contributed by atoms with Gasteiger partial charge in [-0.1, -0.05) is 42.1 Å². The van der Waals surface area contributed by atoms with Crippen LogP contribution in [0, 0.1) is 0 Å². The van der Waals surface area contributed by atoms with Crippen molar-refractivity contribution < 1.29 is 14.3 Å². The fourth-order valence-corrected chi connectivity index (χ4v) is 3.33. The molecule has 1 aliphatic heterocycles. The number of aromatic nitrogens is 3. The lowest BCUT2D eigenvalue weighted by Crippen LogP contribution is -2.24. The van der Waals surface area contributed by atoms with E-state index in [1.165, 1.54) is 17.3 Å². The predicted octanol–water partition coefficient (Wildman–Crippen LogP) is 3.15. The summed E-state index contributed by atoms with van der Waals surface area (Å²) in [6.45, 7) is 0. The molecule has 0 saturated heterocycles. The van der Waals surface area contributed by atoms with E-state index >= 15 is 0 Å². The molecule has 3 heterocycles. The predicted molar refractivity (Wildman–Crippen MR) is 92.2 cm³/mol. The number of nitrogens with zero attached hydrogens (tertiary/aromatic N) is 3. The number of hydrogen-bond donors (Lipinski definition) is 2. The third kappa shape index (κ3) is 3.16. The first kappa shape index (κ1) is 15.5. The van der Waals surface area contributed by atoms with Crippen LogP contribution in [0.25, 0.3) is 0 Å². The highest BCUT2D eigenvalue weighted by Gasteiger charge is 2.28. The molecule has 2 aromatic heterocycles. The molecule has 3 aromatic rings. The summed E-state index contributed by atoms with van der Waals surface area (Å²) in [6, 6.07) is 13.1. The highest BCUT2D eigenvalue weighted by atomic mass is 32.2. The number of carboxylic acids is 1. The van der Waals surface area contributed by atoms with E-state index in [-0.39, 0.29) is 5.70 Å². The van der Waals surface area contributed by atoms with Gasteiger partial charge in [0.1, 0.15) is 17.5 Å². The zero-order valence-corrected chi connectivity index (χ0v) is 13.8. The van der Waals surface area contributed by atoms with Crippen LogP contribution in [0.1, 0.15) is 17.4 Å². The van der Waals surface area contributed by atoms with Crippen molar-refractivity contribution in [3.8, 4) is 0 Å². The lowest BCUT2D eigenvalue weighted by Gasteiger charge is -2.20. The molecule has 0 spiro atoms. The van der Waals surface area contributed by atoms with E-state index in [4.69, 9.17) is 4.42 Å². The molecule has 2 N–H and O–H groups in total. The number of allylic oxidation sites excluding steroid dienone is 1. The summed E-state index contributed by atoms with van der Waals surface area (Å²) >= 11 is 1.49. The van der Waals surface area contributed by atoms with Crippen molar-refractivity contribution in [3.05, 3.63) is 71.8 Å². The fraction of sp³-hybridized carbons (Fsp3) is 0.118. The second kappa shape index (κ2) is 6.48. The molecule has 126 valence electrons. The van der Waals surface area contributed by atoms with Gasteiger partial charge in [0.15, 0.2) is 0 Å². The number of aliphatic carboxylic acids is 1. The van der Waals surface area contributed by atoms with E-state index in [1.54, 1.807) is 29.2 Å². The molecule has 0 saturated carbocycles. The van der Waals surface area contributed by atoms with Crippen LogP contribution >= 0.6 is 11.8 Å². The Kier molecular flexibility index (Phi) is 4.02. The number of hydrogen-bond acceptors (Lipinski definition) is 6. The van der Waals surface area contributed by atoms with Crippen LogP contribution in [-0.4, -0.2) is 25.8 Å².